The first-order valence-corrected chi connectivity index (χ1v) is 11.0. The zero-order valence-electron chi connectivity index (χ0n) is 19.6. The molecule has 2 aliphatic rings. The van der Waals surface area contributed by atoms with Crippen LogP contribution in [0.4, 0.5) is 0 Å². The maximum absolute atomic E-state index is 12.4. The Labute approximate surface area is 193 Å². The number of aldehydes is 1. The highest BCUT2D eigenvalue weighted by molar-refractivity contribution is 6.01. The number of amides is 3. The summed E-state index contributed by atoms with van der Waals surface area (Å²) in [7, 11) is 0. The molecule has 0 radical (unpaired) electrons. The van der Waals surface area contributed by atoms with Gasteiger partial charge in [-0.05, 0) is 58.6 Å². The molecule has 0 saturated carbocycles. The molecule has 0 spiro atoms. The molecule has 2 rings (SSSR count). The van der Waals surface area contributed by atoms with Crippen molar-refractivity contribution < 1.29 is 33.5 Å². The zero-order valence-corrected chi connectivity index (χ0v) is 19.6. The quantitative estimate of drug-likeness (QED) is 0.371. The summed E-state index contributed by atoms with van der Waals surface area (Å²) in [5.41, 5.74) is -0.443. The Hall–Kier alpha value is -3.07. The molecule has 9 nitrogen and oxygen atoms in total. The fraction of sp³-hybridized carbons (Fsp3) is 0.542. The summed E-state index contributed by atoms with van der Waals surface area (Å²) in [6, 6.07) is 0. The lowest BCUT2D eigenvalue weighted by molar-refractivity contribution is -0.205. The van der Waals surface area contributed by atoms with Crippen LogP contribution >= 0.6 is 0 Å². The van der Waals surface area contributed by atoms with Crippen LogP contribution in [0.2, 0.25) is 0 Å². The van der Waals surface area contributed by atoms with Crippen LogP contribution in [0, 0.1) is 5.41 Å². The molecule has 1 fully saturated rings. The van der Waals surface area contributed by atoms with Gasteiger partial charge in [0.1, 0.15) is 6.29 Å². The Kier molecular flexibility index (Phi) is 8.87. The van der Waals surface area contributed by atoms with Crippen LogP contribution in [-0.2, 0) is 33.5 Å². The predicted octanol–water partition coefficient (Wildman–Crippen LogP) is 2.32. The van der Waals surface area contributed by atoms with Crippen LogP contribution in [0.1, 0.15) is 59.8 Å². The second-order valence-electron chi connectivity index (χ2n) is 9.30. The number of nitrogens with one attached hydrogen (secondary N) is 1. The monoisotopic (exact) mass is 460 g/mol. The Morgan fingerprint density at radius 3 is 2.39 bits per heavy atom. The maximum atomic E-state index is 12.4. The third kappa shape index (κ3) is 7.78. The van der Waals surface area contributed by atoms with E-state index in [4.69, 9.17) is 9.57 Å². The minimum Gasteiger partial charge on any atom is -0.375 e. The smallest absolute Gasteiger partial charge is 0.338 e. The molecular weight excluding hydrogens is 428 g/mol. The van der Waals surface area contributed by atoms with Gasteiger partial charge in [-0.1, -0.05) is 18.2 Å². The number of rotatable bonds is 11. The van der Waals surface area contributed by atoms with Gasteiger partial charge in [-0.25, -0.2) is 4.79 Å². The van der Waals surface area contributed by atoms with E-state index < -0.39 is 28.8 Å². The topological polar surface area (TPSA) is 119 Å². The lowest BCUT2D eigenvalue weighted by atomic mass is 9.90. The molecule has 1 N–H and O–H groups in total. The fourth-order valence-electron chi connectivity index (χ4n) is 3.08. The van der Waals surface area contributed by atoms with Crippen LogP contribution in [0.15, 0.2) is 35.5 Å². The van der Waals surface area contributed by atoms with Crippen molar-refractivity contribution in [1.82, 2.24) is 10.4 Å². The van der Waals surface area contributed by atoms with E-state index in [2.05, 4.69) is 5.32 Å². The SMILES string of the molecule is CC(C)(CCNC(=O)C1=CC=C(C=O)CC=C1)OCCC(C)(C)C(=O)ON1C(=O)CCC1=O. The fourth-order valence-corrected chi connectivity index (χ4v) is 3.08. The Morgan fingerprint density at radius 2 is 1.76 bits per heavy atom. The van der Waals surface area contributed by atoms with Crippen LogP contribution in [0.5, 0.6) is 0 Å². The minimum absolute atomic E-state index is 0.0461. The molecule has 1 heterocycles. The summed E-state index contributed by atoms with van der Waals surface area (Å²) < 4.78 is 5.92. The van der Waals surface area contributed by atoms with Crippen molar-refractivity contribution in [2.75, 3.05) is 13.2 Å². The summed E-state index contributed by atoms with van der Waals surface area (Å²) >= 11 is 0. The number of hydroxylamine groups is 2. The van der Waals surface area contributed by atoms with Crippen molar-refractivity contribution >= 4 is 30.0 Å². The highest BCUT2D eigenvalue weighted by atomic mass is 16.7. The number of imide groups is 1. The molecule has 0 aromatic rings. The number of ether oxygens (including phenoxy) is 1. The first kappa shape index (κ1) is 26.2. The summed E-state index contributed by atoms with van der Waals surface area (Å²) in [6.07, 6.45) is 8.93. The summed E-state index contributed by atoms with van der Waals surface area (Å²) in [6.45, 7) is 7.72. The van der Waals surface area contributed by atoms with Gasteiger partial charge in [0.05, 0.1) is 11.0 Å². The molecule has 0 bridgehead atoms. The van der Waals surface area contributed by atoms with E-state index in [1.54, 1.807) is 38.2 Å². The maximum Gasteiger partial charge on any atom is 0.338 e. The van der Waals surface area contributed by atoms with Gasteiger partial charge < -0.3 is 14.9 Å². The molecule has 3 amide bonds. The highest BCUT2D eigenvalue weighted by Gasteiger charge is 2.38. The Bertz CT molecular complexity index is 880. The molecule has 0 atom stereocenters. The molecule has 1 aliphatic heterocycles. The van der Waals surface area contributed by atoms with Gasteiger partial charge in [0.25, 0.3) is 17.7 Å². The third-order valence-electron chi connectivity index (χ3n) is 5.51. The second kappa shape index (κ2) is 11.2. The Morgan fingerprint density at radius 1 is 1.09 bits per heavy atom. The van der Waals surface area contributed by atoms with Gasteiger partial charge in [0.2, 0.25) is 0 Å². The van der Waals surface area contributed by atoms with E-state index >= 15 is 0 Å². The molecule has 0 unspecified atom stereocenters. The minimum atomic E-state index is -0.959. The van der Waals surface area contributed by atoms with E-state index in [1.807, 2.05) is 13.8 Å². The molecule has 180 valence electrons. The van der Waals surface area contributed by atoms with Crippen LogP contribution in [0.3, 0.4) is 0 Å². The molecule has 9 heteroatoms. The average Bonchev–Trinajstić information content (AvgIpc) is 2.94. The van der Waals surface area contributed by atoms with E-state index in [0.29, 0.717) is 42.0 Å². The first-order valence-electron chi connectivity index (χ1n) is 11.0. The van der Waals surface area contributed by atoms with Crippen LogP contribution < -0.4 is 5.32 Å². The predicted molar refractivity (Wildman–Crippen MR) is 119 cm³/mol. The summed E-state index contributed by atoms with van der Waals surface area (Å²) in [5.74, 6) is -1.94. The molecule has 1 saturated heterocycles. The lowest BCUT2D eigenvalue weighted by Gasteiger charge is -2.29. The van der Waals surface area contributed by atoms with Gasteiger partial charge in [-0.2, -0.15) is 0 Å². The van der Waals surface area contributed by atoms with E-state index in [9.17, 15) is 24.0 Å². The Balaban J connectivity index is 1.76. The van der Waals surface area contributed by atoms with Crippen LogP contribution in [0.25, 0.3) is 0 Å². The molecule has 33 heavy (non-hydrogen) atoms. The van der Waals surface area contributed by atoms with E-state index in [-0.39, 0.29) is 25.4 Å². The highest BCUT2D eigenvalue weighted by Crippen LogP contribution is 2.26. The molecule has 0 aromatic carbocycles. The van der Waals surface area contributed by atoms with Crippen LogP contribution in [-0.4, -0.2) is 53.8 Å². The first-order chi connectivity index (χ1) is 15.4. The summed E-state index contributed by atoms with van der Waals surface area (Å²) in [4.78, 5) is 63.9. The molecule has 0 aromatic heterocycles. The molecule has 1 aliphatic carbocycles. The van der Waals surface area contributed by atoms with Crippen molar-refractivity contribution in [2.24, 2.45) is 5.41 Å². The number of hydrogen-bond acceptors (Lipinski definition) is 7. The van der Waals surface area contributed by atoms with E-state index in [0.717, 1.165) is 6.29 Å². The molecular formula is C24H32N2O7. The second-order valence-corrected chi connectivity index (χ2v) is 9.30. The lowest BCUT2D eigenvalue weighted by Crippen LogP contribution is -2.39. The van der Waals surface area contributed by atoms with Gasteiger partial charge in [-0.15, -0.1) is 5.06 Å². The van der Waals surface area contributed by atoms with Gasteiger partial charge in [0, 0.05) is 31.6 Å². The van der Waals surface area contributed by atoms with Crippen molar-refractivity contribution in [1.29, 1.82) is 0 Å². The summed E-state index contributed by atoms with van der Waals surface area (Å²) in [5, 5.41) is 3.39. The standard InChI is InChI=1S/C24H32N2O7/c1-23(2,22(31)33-26-19(28)10-11-20(26)29)13-15-32-24(3,4)12-14-25-21(30)18-7-5-6-17(16-27)8-9-18/h5,7-9,16H,6,10-15H2,1-4H3,(H,25,30). The largest absolute Gasteiger partial charge is 0.375 e. The van der Waals surface area contributed by atoms with Crippen molar-refractivity contribution in [2.45, 2.75) is 65.4 Å². The van der Waals surface area contributed by atoms with Gasteiger partial charge in [-0.3, -0.25) is 19.2 Å². The third-order valence-corrected chi connectivity index (χ3v) is 5.51. The number of hydrogen-bond donors (Lipinski definition) is 1. The number of carbonyl (C=O) groups excluding carboxylic acids is 5. The number of nitrogens with zero attached hydrogens (tertiary/aromatic N) is 1. The normalized spacial score (nSPS) is 16.8. The number of allylic oxidation sites excluding steroid dienone is 4. The van der Waals surface area contributed by atoms with Crippen molar-refractivity contribution in [3.63, 3.8) is 0 Å². The van der Waals surface area contributed by atoms with Gasteiger partial charge in [0.15, 0.2) is 0 Å². The average molecular weight is 461 g/mol. The zero-order chi connectivity index (χ0) is 24.6. The van der Waals surface area contributed by atoms with Crippen molar-refractivity contribution in [3.05, 3.63) is 35.5 Å². The van der Waals surface area contributed by atoms with E-state index in [1.165, 1.54) is 0 Å². The van der Waals surface area contributed by atoms with Crippen molar-refractivity contribution in [3.8, 4) is 0 Å². The number of carbonyl (C=O) groups is 5. The van der Waals surface area contributed by atoms with Gasteiger partial charge >= 0.3 is 5.97 Å².